The van der Waals surface area contributed by atoms with Gasteiger partial charge in [0.1, 0.15) is 23.0 Å². The van der Waals surface area contributed by atoms with Gasteiger partial charge >= 0.3 is 6.18 Å². The zero-order chi connectivity index (χ0) is 18.5. The molecule has 1 aliphatic carbocycles. The van der Waals surface area contributed by atoms with Crippen molar-refractivity contribution in [2.45, 2.75) is 24.9 Å². The van der Waals surface area contributed by atoms with Crippen molar-refractivity contribution in [3.05, 3.63) is 47.4 Å². The summed E-state index contributed by atoms with van der Waals surface area (Å²) in [5.41, 5.74) is 0.338. The summed E-state index contributed by atoms with van der Waals surface area (Å²) in [7, 11) is 1.43. The number of aromatic amines is 1. The van der Waals surface area contributed by atoms with Crippen molar-refractivity contribution in [1.82, 2.24) is 9.97 Å². The standard InChI is InChI=1S/C18H14F4N3O/c1-26-14-5-4-10(19)6-13(14)24-15-7-11(9-2-3-9)16-12(18(20,21)22)8-23-17(16)25-15/h5-9H,2-3H2,1H3,(H2,23,24,25). The van der Waals surface area contributed by atoms with E-state index in [-0.39, 0.29) is 17.0 Å². The Morgan fingerprint density at radius 3 is 2.73 bits per heavy atom. The lowest BCUT2D eigenvalue weighted by Gasteiger charge is -2.13. The van der Waals surface area contributed by atoms with Crippen LogP contribution >= 0.6 is 0 Å². The lowest BCUT2D eigenvalue weighted by atomic mass is 10.0. The average Bonchev–Trinajstić information content (AvgIpc) is 3.32. The highest BCUT2D eigenvalue weighted by Crippen LogP contribution is 2.47. The van der Waals surface area contributed by atoms with Crippen LogP contribution < -0.4 is 10.1 Å². The Labute approximate surface area is 146 Å². The van der Waals surface area contributed by atoms with Gasteiger partial charge in [0.2, 0.25) is 0 Å². The van der Waals surface area contributed by atoms with Crippen LogP contribution in [0.5, 0.6) is 5.75 Å². The predicted octanol–water partition coefficient (Wildman–Crippen LogP) is 5.15. The van der Waals surface area contributed by atoms with Crippen LogP contribution in [-0.4, -0.2) is 17.1 Å². The van der Waals surface area contributed by atoms with Crippen LogP contribution in [0.3, 0.4) is 0 Å². The van der Waals surface area contributed by atoms with Crippen LogP contribution in [-0.2, 0) is 6.18 Å². The van der Waals surface area contributed by atoms with E-state index in [1.165, 1.54) is 19.2 Å². The highest BCUT2D eigenvalue weighted by molar-refractivity contribution is 5.87. The molecule has 8 heteroatoms. The maximum Gasteiger partial charge on any atom is 0.418 e. The first-order chi connectivity index (χ1) is 12.4. The lowest BCUT2D eigenvalue weighted by molar-refractivity contribution is -0.136. The quantitative estimate of drug-likeness (QED) is 0.630. The number of aromatic nitrogens is 2. The molecular formula is C18H14F4N3O. The molecule has 0 unspecified atom stereocenters. The van der Waals surface area contributed by atoms with E-state index >= 15 is 0 Å². The normalized spacial score (nSPS) is 14.7. The number of methoxy groups -OCH3 is 1. The van der Waals surface area contributed by atoms with Gasteiger partial charge in [0.05, 0.1) is 18.4 Å². The smallest absolute Gasteiger partial charge is 0.418 e. The number of halogens is 4. The number of H-pyrrole nitrogens is 1. The third-order valence-corrected chi connectivity index (χ3v) is 4.36. The van der Waals surface area contributed by atoms with Gasteiger partial charge in [-0.3, -0.25) is 0 Å². The number of hydrogen-bond acceptors (Lipinski definition) is 3. The fourth-order valence-corrected chi connectivity index (χ4v) is 3.03. The Bertz CT molecular complexity index is 976. The number of nitrogens with zero attached hydrogens (tertiary/aromatic N) is 1. The van der Waals surface area contributed by atoms with E-state index in [1.807, 2.05) is 0 Å². The van der Waals surface area contributed by atoms with E-state index in [9.17, 15) is 17.6 Å². The van der Waals surface area contributed by atoms with Crippen molar-refractivity contribution in [1.29, 1.82) is 0 Å². The van der Waals surface area contributed by atoms with Crippen molar-refractivity contribution < 1.29 is 22.3 Å². The van der Waals surface area contributed by atoms with E-state index in [0.717, 1.165) is 19.0 Å². The van der Waals surface area contributed by atoms with Gasteiger partial charge in [0.25, 0.3) is 0 Å². The second-order valence-corrected chi connectivity index (χ2v) is 6.18. The molecule has 1 fully saturated rings. The SMILES string of the molecule is COc1c[c]c(F)cc1Nc1cc(C2CC2)c2c(C(F)(F)F)c[nH]c2n1. The number of ether oxygens (including phenoxy) is 1. The second-order valence-electron chi connectivity index (χ2n) is 6.18. The second kappa shape index (κ2) is 5.89. The van der Waals surface area contributed by atoms with E-state index in [1.54, 1.807) is 6.07 Å². The van der Waals surface area contributed by atoms with E-state index < -0.39 is 17.6 Å². The number of rotatable bonds is 4. The van der Waals surface area contributed by atoms with Gasteiger partial charge in [-0.1, -0.05) is 0 Å². The Balaban J connectivity index is 1.82. The van der Waals surface area contributed by atoms with E-state index in [2.05, 4.69) is 21.4 Å². The predicted molar refractivity (Wildman–Crippen MR) is 88.1 cm³/mol. The molecule has 2 N–H and O–H groups in total. The lowest BCUT2D eigenvalue weighted by Crippen LogP contribution is -2.05. The number of fused-ring (bicyclic) bond motifs is 1. The first-order valence-electron chi connectivity index (χ1n) is 7.98. The molecule has 1 aromatic carbocycles. The molecular weight excluding hydrogens is 350 g/mol. The third-order valence-electron chi connectivity index (χ3n) is 4.36. The highest BCUT2D eigenvalue weighted by Gasteiger charge is 2.37. The summed E-state index contributed by atoms with van der Waals surface area (Å²) in [6.45, 7) is 0. The Hall–Kier alpha value is -2.77. The minimum Gasteiger partial charge on any atom is -0.495 e. The molecule has 3 aromatic rings. The molecule has 135 valence electrons. The van der Waals surface area contributed by atoms with Gasteiger partial charge in [-0.15, -0.1) is 0 Å². The number of anilines is 2. The van der Waals surface area contributed by atoms with E-state index in [0.29, 0.717) is 22.8 Å². The van der Waals surface area contributed by atoms with Crippen LogP contribution in [0.2, 0.25) is 0 Å². The van der Waals surface area contributed by atoms with Crippen molar-refractivity contribution in [3.8, 4) is 5.75 Å². The molecule has 26 heavy (non-hydrogen) atoms. The molecule has 2 aromatic heterocycles. The van der Waals surface area contributed by atoms with Gasteiger partial charge in [-0.2, -0.15) is 13.2 Å². The fourth-order valence-electron chi connectivity index (χ4n) is 3.03. The van der Waals surface area contributed by atoms with Gasteiger partial charge in [0, 0.05) is 23.7 Å². The number of benzene rings is 1. The summed E-state index contributed by atoms with van der Waals surface area (Å²) in [5.74, 6) is 0.152. The summed E-state index contributed by atoms with van der Waals surface area (Å²) in [4.78, 5) is 6.83. The number of nitrogens with one attached hydrogen (secondary N) is 2. The summed E-state index contributed by atoms with van der Waals surface area (Å²) in [6.07, 6.45) is -1.86. The molecule has 4 nitrogen and oxygen atoms in total. The van der Waals surface area contributed by atoms with Gasteiger partial charge in [0.15, 0.2) is 0 Å². The Morgan fingerprint density at radius 2 is 2.08 bits per heavy atom. The summed E-state index contributed by atoms with van der Waals surface area (Å²) >= 11 is 0. The molecule has 0 amide bonds. The summed E-state index contributed by atoms with van der Waals surface area (Å²) in [6, 6.07) is 6.51. The zero-order valence-corrected chi connectivity index (χ0v) is 13.7. The number of alkyl halides is 3. The van der Waals surface area contributed by atoms with Gasteiger partial charge < -0.3 is 15.0 Å². The van der Waals surface area contributed by atoms with Crippen molar-refractivity contribution >= 4 is 22.5 Å². The molecule has 0 bridgehead atoms. The van der Waals surface area contributed by atoms with Crippen LogP contribution in [0.4, 0.5) is 29.1 Å². The molecule has 4 rings (SSSR count). The topological polar surface area (TPSA) is 49.9 Å². The minimum atomic E-state index is -4.46. The maximum absolute atomic E-state index is 13.5. The number of hydrogen-bond donors (Lipinski definition) is 2. The first kappa shape index (κ1) is 16.7. The summed E-state index contributed by atoms with van der Waals surface area (Å²) < 4.78 is 58.5. The van der Waals surface area contributed by atoms with Crippen LogP contribution in [0.15, 0.2) is 24.4 Å². The first-order valence-corrected chi connectivity index (χ1v) is 7.98. The van der Waals surface area contributed by atoms with Crippen molar-refractivity contribution in [3.63, 3.8) is 0 Å². The highest BCUT2D eigenvalue weighted by atomic mass is 19.4. The Kier molecular flexibility index (Phi) is 3.78. The fraction of sp³-hybridized carbons (Fsp3) is 0.278. The zero-order valence-electron chi connectivity index (χ0n) is 13.7. The molecule has 1 saturated carbocycles. The molecule has 1 aliphatic rings. The van der Waals surface area contributed by atoms with Gasteiger partial charge in [-0.25, -0.2) is 9.37 Å². The number of pyridine rings is 1. The van der Waals surface area contributed by atoms with E-state index in [4.69, 9.17) is 4.74 Å². The molecule has 1 radical (unpaired) electrons. The molecule has 0 saturated heterocycles. The molecule has 2 heterocycles. The molecule has 0 spiro atoms. The summed E-state index contributed by atoms with van der Waals surface area (Å²) in [5, 5.41) is 3.03. The maximum atomic E-state index is 13.5. The van der Waals surface area contributed by atoms with Crippen molar-refractivity contribution in [2.75, 3.05) is 12.4 Å². The monoisotopic (exact) mass is 364 g/mol. The largest absolute Gasteiger partial charge is 0.495 e. The van der Waals surface area contributed by atoms with Crippen LogP contribution in [0, 0.1) is 11.9 Å². The molecule has 0 aliphatic heterocycles. The van der Waals surface area contributed by atoms with Gasteiger partial charge in [-0.05, 0) is 36.5 Å². The minimum absolute atomic E-state index is 0.0701. The third kappa shape index (κ3) is 2.95. The van der Waals surface area contributed by atoms with Crippen LogP contribution in [0.1, 0.15) is 29.9 Å². The Morgan fingerprint density at radius 1 is 1.31 bits per heavy atom. The van der Waals surface area contributed by atoms with Crippen molar-refractivity contribution in [2.24, 2.45) is 0 Å². The molecule has 0 atom stereocenters. The van der Waals surface area contributed by atoms with Crippen LogP contribution in [0.25, 0.3) is 11.0 Å². The average molecular weight is 364 g/mol.